The van der Waals surface area contributed by atoms with Gasteiger partial charge in [-0.25, -0.2) is 0 Å². The lowest BCUT2D eigenvalue weighted by Gasteiger charge is -2.20. The first-order valence-electron chi connectivity index (χ1n) is 10.3. The number of halogens is 1. The average Bonchev–Trinajstić information content (AvgIpc) is 3.37. The first-order valence-corrected chi connectivity index (χ1v) is 11.5. The molecule has 0 fully saturated rings. The van der Waals surface area contributed by atoms with Gasteiger partial charge in [0.15, 0.2) is 5.84 Å². The van der Waals surface area contributed by atoms with Crippen LogP contribution in [0.2, 0.25) is 5.02 Å². The Labute approximate surface area is 205 Å². The van der Waals surface area contributed by atoms with Crippen LogP contribution in [0.3, 0.4) is 0 Å². The summed E-state index contributed by atoms with van der Waals surface area (Å²) in [5.74, 6) is 0.176. The number of aliphatic imine (C=N–C) groups is 1. The molecule has 0 saturated heterocycles. The summed E-state index contributed by atoms with van der Waals surface area (Å²) < 4.78 is 7.53. The lowest BCUT2D eigenvalue weighted by Crippen LogP contribution is -2.35. The number of rotatable bonds is 4. The highest BCUT2D eigenvalue weighted by Crippen LogP contribution is 2.33. The predicted octanol–water partition coefficient (Wildman–Crippen LogP) is 4.82. The molecule has 3 aromatic rings. The second kappa shape index (κ2) is 8.58. The molecule has 0 saturated carbocycles. The van der Waals surface area contributed by atoms with Gasteiger partial charge in [0.2, 0.25) is 5.17 Å². The maximum Gasteiger partial charge on any atom is 0.283 e. The summed E-state index contributed by atoms with van der Waals surface area (Å²) in [5.41, 5.74) is 4.35. The van der Waals surface area contributed by atoms with Crippen LogP contribution in [0, 0.1) is 19.3 Å². The van der Waals surface area contributed by atoms with Crippen LogP contribution in [-0.4, -0.2) is 43.6 Å². The van der Waals surface area contributed by atoms with E-state index in [1.807, 2.05) is 48.7 Å². The number of aromatic nitrogens is 2. The van der Waals surface area contributed by atoms with E-state index in [9.17, 15) is 4.79 Å². The molecule has 10 heteroatoms. The van der Waals surface area contributed by atoms with Gasteiger partial charge in [-0.2, -0.15) is 15.1 Å². The molecule has 2 aliphatic heterocycles. The zero-order valence-electron chi connectivity index (χ0n) is 18.5. The average molecular weight is 491 g/mol. The normalized spacial score (nSPS) is 16.6. The van der Waals surface area contributed by atoms with E-state index in [4.69, 9.17) is 21.7 Å². The molecule has 1 N–H and O–H groups in total. The van der Waals surface area contributed by atoms with E-state index >= 15 is 0 Å². The Hall–Kier alpha value is -3.69. The number of nitrogens with one attached hydrogen (secondary N) is 1. The first-order chi connectivity index (χ1) is 16.4. The minimum Gasteiger partial charge on any atom is -0.495 e. The summed E-state index contributed by atoms with van der Waals surface area (Å²) in [4.78, 5) is 21.2. The quantitative estimate of drug-likeness (QED) is 0.529. The molecule has 170 valence electrons. The molecule has 5 rings (SSSR count). The number of nitrogens with zero attached hydrogens (tertiary/aromatic N) is 5. The van der Waals surface area contributed by atoms with Crippen LogP contribution >= 0.6 is 23.4 Å². The van der Waals surface area contributed by atoms with E-state index in [1.165, 1.54) is 16.8 Å². The number of pyridine rings is 1. The van der Waals surface area contributed by atoms with Crippen molar-refractivity contribution >= 4 is 51.4 Å². The van der Waals surface area contributed by atoms with Crippen LogP contribution in [0.4, 0.5) is 0 Å². The van der Waals surface area contributed by atoms with Gasteiger partial charge in [0, 0.05) is 34.4 Å². The van der Waals surface area contributed by atoms with Crippen molar-refractivity contribution in [2.75, 3.05) is 7.11 Å². The predicted molar refractivity (Wildman–Crippen MR) is 135 cm³/mol. The number of aryl methyl sites for hydroxylation is 1. The number of ether oxygens (including phenoxy) is 1. The fourth-order valence-electron chi connectivity index (χ4n) is 3.90. The molecule has 2 aliphatic rings. The summed E-state index contributed by atoms with van der Waals surface area (Å²) >= 11 is 7.49. The van der Waals surface area contributed by atoms with Crippen molar-refractivity contribution in [2.24, 2.45) is 10.1 Å². The van der Waals surface area contributed by atoms with Gasteiger partial charge in [0.05, 0.1) is 18.4 Å². The molecule has 2 aromatic heterocycles. The van der Waals surface area contributed by atoms with E-state index < -0.39 is 5.91 Å². The second-order valence-electron chi connectivity index (χ2n) is 7.64. The molecule has 0 radical (unpaired) electrons. The fraction of sp³-hybridized carbons (Fsp3) is 0.125. The van der Waals surface area contributed by atoms with Gasteiger partial charge >= 0.3 is 0 Å². The lowest BCUT2D eigenvalue weighted by atomic mass is 10.1. The number of carbonyl (C=O) groups is 1. The monoisotopic (exact) mass is 490 g/mol. The van der Waals surface area contributed by atoms with E-state index in [0.717, 1.165) is 28.2 Å². The Kier molecular flexibility index (Phi) is 5.59. The van der Waals surface area contributed by atoms with Crippen LogP contribution < -0.4 is 4.74 Å². The van der Waals surface area contributed by atoms with Gasteiger partial charge in [-0.15, -0.1) is 0 Å². The molecule has 1 aromatic carbocycles. The number of hydrogen-bond acceptors (Lipinski definition) is 6. The third-order valence-corrected chi connectivity index (χ3v) is 6.71. The molecule has 34 heavy (non-hydrogen) atoms. The zero-order chi connectivity index (χ0) is 24.0. The molecule has 4 heterocycles. The minimum atomic E-state index is -0.475. The molecular weight excluding hydrogens is 472 g/mol. The number of hydrogen-bond donors (Lipinski definition) is 1. The SMILES string of the molecule is COc1ccc(Cl)cc1-n1c(C)cc(C=C2C(=N)N3N=C(c4cccnc4)SC3=NC2=O)c1C. The Morgan fingerprint density at radius 2 is 2.03 bits per heavy atom. The highest BCUT2D eigenvalue weighted by Gasteiger charge is 2.36. The molecule has 0 aliphatic carbocycles. The molecule has 0 atom stereocenters. The first kappa shape index (κ1) is 22.1. The number of fused-ring (bicyclic) bond motifs is 1. The smallest absolute Gasteiger partial charge is 0.283 e. The molecule has 0 spiro atoms. The van der Waals surface area contributed by atoms with Gasteiger partial charge in [-0.05, 0) is 73.6 Å². The topological polar surface area (TPSA) is 95.9 Å². The van der Waals surface area contributed by atoms with Crippen molar-refractivity contribution < 1.29 is 9.53 Å². The van der Waals surface area contributed by atoms with Crippen LogP contribution in [0.25, 0.3) is 11.8 Å². The molecule has 8 nitrogen and oxygen atoms in total. The van der Waals surface area contributed by atoms with Gasteiger partial charge in [0.25, 0.3) is 5.91 Å². The van der Waals surface area contributed by atoms with Gasteiger partial charge in [0.1, 0.15) is 10.8 Å². The number of amidine groups is 2. The number of benzene rings is 1. The largest absolute Gasteiger partial charge is 0.495 e. The summed E-state index contributed by atoms with van der Waals surface area (Å²) in [6.07, 6.45) is 5.05. The molecule has 0 unspecified atom stereocenters. The summed E-state index contributed by atoms with van der Waals surface area (Å²) in [5, 5.41) is 16.1. The van der Waals surface area contributed by atoms with Crippen molar-refractivity contribution in [1.82, 2.24) is 14.6 Å². The van der Waals surface area contributed by atoms with Crippen molar-refractivity contribution in [3.8, 4) is 11.4 Å². The van der Waals surface area contributed by atoms with Crippen LogP contribution in [0.1, 0.15) is 22.5 Å². The van der Waals surface area contributed by atoms with Crippen LogP contribution in [0.15, 0.2) is 64.5 Å². The number of methoxy groups -OCH3 is 1. The van der Waals surface area contributed by atoms with Crippen LogP contribution in [0.5, 0.6) is 5.75 Å². The fourth-order valence-corrected chi connectivity index (χ4v) is 4.94. The maximum absolute atomic E-state index is 12.9. The Balaban J connectivity index is 1.54. The number of carbonyl (C=O) groups excluding carboxylic acids is 1. The van der Waals surface area contributed by atoms with E-state index in [0.29, 0.717) is 21.0 Å². The molecule has 1 amide bonds. The highest BCUT2D eigenvalue weighted by molar-refractivity contribution is 8.27. The summed E-state index contributed by atoms with van der Waals surface area (Å²) in [7, 11) is 1.61. The summed E-state index contributed by atoms with van der Waals surface area (Å²) in [6, 6.07) is 11.0. The number of hydrazone groups is 1. The second-order valence-corrected chi connectivity index (χ2v) is 9.04. The van der Waals surface area contributed by atoms with Gasteiger partial charge < -0.3 is 9.30 Å². The van der Waals surface area contributed by atoms with E-state index in [1.54, 1.807) is 31.6 Å². The third kappa shape index (κ3) is 3.72. The van der Waals surface area contributed by atoms with Crippen molar-refractivity contribution in [3.63, 3.8) is 0 Å². The standard InChI is InChI=1S/C24H19ClN6O2S/c1-13-9-16(14(2)30(13)19-11-17(25)6-7-20(19)33-3)10-18-21(26)31-24(28-22(18)32)34-23(29-31)15-5-4-8-27-12-15/h4-12,26H,1-3H3. The Morgan fingerprint density at radius 1 is 1.21 bits per heavy atom. The van der Waals surface area contributed by atoms with E-state index in [-0.39, 0.29) is 11.4 Å². The highest BCUT2D eigenvalue weighted by atomic mass is 35.5. The summed E-state index contributed by atoms with van der Waals surface area (Å²) in [6.45, 7) is 3.90. The van der Waals surface area contributed by atoms with Gasteiger partial charge in [-0.3, -0.25) is 15.2 Å². The minimum absolute atomic E-state index is 0.0217. The Bertz CT molecular complexity index is 1440. The number of amides is 1. The molecular formula is C24H19ClN6O2S. The number of thioether (sulfide) groups is 1. The van der Waals surface area contributed by atoms with Crippen molar-refractivity contribution in [3.05, 3.63) is 81.9 Å². The van der Waals surface area contributed by atoms with Gasteiger partial charge in [-0.1, -0.05) is 11.6 Å². The van der Waals surface area contributed by atoms with Crippen molar-refractivity contribution in [2.45, 2.75) is 13.8 Å². The lowest BCUT2D eigenvalue weighted by molar-refractivity contribution is -0.114. The third-order valence-electron chi connectivity index (χ3n) is 5.51. The zero-order valence-corrected chi connectivity index (χ0v) is 20.1. The van der Waals surface area contributed by atoms with Crippen LogP contribution in [-0.2, 0) is 4.79 Å². The van der Waals surface area contributed by atoms with Crippen molar-refractivity contribution in [1.29, 1.82) is 5.41 Å². The Morgan fingerprint density at radius 3 is 2.76 bits per heavy atom. The van der Waals surface area contributed by atoms with E-state index in [2.05, 4.69) is 15.1 Å². The maximum atomic E-state index is 12.9. The molecule has 0 bridgehead atoms.